The number of carbonyl (C=O) groups is 1. The van der Waals surface area contributed by atoms with Crippen LogP contribution in [-0.4, -0.2) is 49.9 Å². The Labute approximate surface area is 164 Å². The van der Waals surface area contributed by atoms with Gasteiger partial charge in [0, 0.05) is 42.1 Å². The molecule has 2 atom stereocenters. The van der Waals surface area contributed by atoms with Gasteiger partial charge in [-0.15, -0.1) is 11.8 Å². The normalized spacial score (nSPS) is 19.1. The molecule has 2 aromatic carbocycles. The second-order valence-electron chi connectivity index (χ2n) is 6.60. The summed E-state index contributed by atoms with van der Waals surface area (Å²) in [6, 6.07) is 16.0. The third-order valence-electron chi connectivity index (χ3n) is 4.89. The van der Waals surface area contributed by atoms with E-state index in [0.717, 1.165) is 10.6 Å². The van der Waals surface area contributed by atoms with Crippen molar-refractivity contribution in [1.82, 2.24) is 4.90 Å². The van der Waals surface area contributed by atoms with Gasteiger partial charge in [0.1, 0.15) is 0 Å². The van der Waals surface area contributed by atoms with E-state index in [4.69, 9.17) is 15.2 Å². The van der Waals surface area contributed by atoms with Gasteiger partial charge in [0.05, 0.1) is 14.2 Å². The first kappa shape index (κ1) is 19.6. The summed E-state index contributed by atoms with van der Waals surface area (Å²) in [5.74, 6) is 2.50. The lowest BCUT2D eigenvalue weighted by molar-refractivity contribution is -0.129. The number of carbonyl (C=O) groups excluding carboxylic acids is 1. The second kappa shape index (κ2) is 9.15. The van der Waals surface area contributed by atoms with Crippen molar-refractivity contribution in [3.05, 3.63) is 54.1 Å². The van der Waals surface area contributed by atoms with Crippen molar-refractivity contribution < 1.29 is 14.3 Å². The molecular weight excluding hydrogens is 360 g/mol. The second-order valence-corrected chi connectivity index (χ2v) is 7.76. The molecule has 1 aliphatic heterocycles. The summed E-state index contributed by atoms with van der Waals surface area (Å²) < 4.78 is 10.6. The molecule has 1 aliphatic rings. The smallest absolute Gasteiger partial charge is 0.223 e. The molecule has 144 valence electrons. The Morgan fingerprint density at radius 2 is 1.85 bits per heavy atom. The number of thioether (sulfide) groups is 1. The number of amides is 1. The summed E-state index contributed by atoms with van der Waals surface area (Å²) in [5.41, 5.74) is 7.50. The van der Waals surface area contributed by atoms with E-state index in [2.05, 4.69) is 12.1 Å². The highest BCUT2D eigenvalue weighted by molar-refractivity contribution is 7.99. The summed E-state index contributed by atoms with van der Waals surface area (Å²) in [6.07, 6.45) is 0.493. The SMILES string of the molecule is COc1ccc(SCCC(=O)N2C[C@@H](N)[C@H](c3ccccc3)C2)cc1OC. The van der Waals surface area contributed by atoms with Gasteiger partial charge in [-0.3, -0.25) is 4.79 Å². The molecule has 0 aromatic heterocycles. The van der Waals surface area contributed by atoms with Gasteiger partial charge in [0.2, 0.25) is 5.91 Å². The van der Waals surface area contributed by atoms with Crippen LogP contribution in [0.15, 0.2) is 53.4 Å². The molecule has 0 radical (unpaired) electrons. The lowest BCUT2D eigenvalue weighted by Gasteiger charge is -2.16. The first-order valence-electron chi connectivity index (χ1n) is 9.05. The molecule has 0 aliphatic carbocycles. The standard InChI is InChI=1S/C21H26N2O3S/c1-25-19-9-8-16(12-20(19)26-2)27-11-10-21(24)23-13-17(18(22)14-23)15-6-4-3-5-7-15/h3-9,12,17-18H,10-11,13-14,22H2,1-2H3/t17-,18+/m0/s1. The van der Waals surface area contributed by atoms with Crippen molar-refractivity contribution in [2.24, 2.45) is 5.73 Å². The molecule has 1 amide bonds. The molecule has 1 heterocycles. The van der Waals surface area contributed by atoms with Gasteiger partial charge >= 0.3 is 0 Å². The van der Waals surface area contributed by atoms with Gasteiger partial charge in [-0.2, -0.15) is 0 Å². The van der Waals surface area contributed by atoms with E-state index in [-0.39, 0.29) is 17.9 Å². The number of likely N-dealkylation sites (tertiary alicyclic amines) is 1. The van der Waals surface area contributed by atoms with Crippen molar-refractivity contribution in [2.45, 2.75) is 23.3 Å². The van der Waals surface area contributed by atoms with Crippen molar-refractivity contribution in [3.63, 3.8) is 0 Å². The Balaban J connectivity index is 1.51. The van der Waals surface area contributed by atoms with Crippen LogP contribution in [0.5, 0.6) is 11.5 Å². The van der Waals surface area contributed by atoms with Crippen molar-refractivity contribution in [1.29, 1.82) is 0 Å². The summed E-state index contributed by atoms with van der Waals surface area (Å²) in [7, 11) is 3.24. The number of hydrogen-bond acceptors (Lipinski definition) is 5. The van der Waals surface area contributed by atoms with E-state index in [1.165, 1.54) is 5.56 Å². The molecule has 5 nitrogen and oxygen atoms in total. The van der Waals surface area contributed by atoms with Crippen LogP contribution < -0.4 is 15.2 Å². The zero-order chi connectivity index (χ0) is 19.2. The number of nitrogens with zero attached hydrogens (tertiary/aromatic N) is 1. The average Bonchev–Trinajstić information content (AvgIpc) is 3.10. The first-order chi connectivity index (χ1) is 13.1. The lowest BCUT2D eigenvalue weighted by atomic mass is 9.95. The van der Waals surface area contributed by atoms with E-state index in [1.54, 1.807) is 26.0 Å². The molecular formula is C21H26N2O3S. The van der Waals surface area contributed by atoms with Gasteiger partial charge in [-0.25, -0.2) is 0 Å². The maximum atomic E-state index is 12.6. The molecule has 2 N–H and O–H groups in total. The van der Waals surface area contributed by atoms with Gasteiger partial charge in [0.25, 0.3) is 0 Å². The zero-order valence-electron chi connectivity index (χ0n) is 15.8. The molecule has 27 heavy (non-hydrogen) atoms. The van der Waals surface area contributed by atoms with Crippen LogP contribution in [0.2, 0.25) is 0 Å². The predicted molar refractivity (Wildman–Crippen MR) is 109 cm³/mol. The molecule has 0 saturated carbocycles. The van der Waals surface area contributed by atoms with E-state index < -0.39 is 0 Å². The summed E-state index contributed by atoms with van der Waals surface area (Å²) in [6.45, 7) is 1.32. The van der Waals surface area contributed by atoms with Crippen LogP contribution in [0.3, 0.4) is 0 Å². The van der Waals surface area contributed by atoms with Crippen molar-refractivity contribution >= 4 is 17.7 Å². The van der Waals surface area contributed by atoms with Crippen molar-refractivity contribution in [2.75, 3.05) is 33.1 Å². The number of benzene rings is 2. The average molecular weight is 387 g/mol. The maximum absolute atomic E-state index is 12.6. The van der Waals surface area contributed by atoms with Crippen LogP contribution in [-0.2, 0) is 4.79 Å². The van der Waals surface area contributed by atoms with Gasteiger partial charge < -0.3 is 20.1 Å². The quantitative estimate of drug-likeness (QED) is 0.741. The fourth-order valence-electron chi connectivity index (χ4n) is 3.41. The third-order valence-corrected chi connectivity index (χ3v) is 5.88. The predicted octanol–water partition coefficient (Wildman–Crippen LogP) is 3.14. The number of methoxy groups -OCH3 is 2. The van der Waals surface area contributed by atoms with Gasteiger partial charge in [-0.05, 0) is 23.8 Å². The zero-order valence-corrected chi connectivity index (χ0v) is 16.6. The van der Waals surface area contributed by atoms with Crippen LogP contribution in [0.1, 0.15) is 17.9 Å². The Kier molecular flexibility index (Phi) is 6.63. The number of ether oxygens (including phenoxy) is 2. The fraction of sp³-hybridized carbons (Fsp3) is 0.381. The highest BCUT2D eigenvalue weighted by Gasteiger charge is 2.33. The Morgan fingerprint density at radius 3 is 2.56 bits per heavy atom. The van der Waals surface area contributed by atoms with E-state index in [9.17, 15) is 4.79 Å². The highest BCUT2D eigenvalue weighted by Crippen LogP contribution is 2.32. The lowest BCUT2D eigenvalue weighted by Crippen LogP contribution is -2.32. The molecule has 0 bridgehead atoms. The monoisotopic (exact) mass is 386 g/mol. The molecule has 0 spiro atoms. The van der Waals surface area contributed by atoms with E-state index in [1.807, 2.05) is 41.3 Å². The molecule has 1 saturated heterocycles. The maximum Gasteiger partial charge on any atom is 0.223 e. The highest BCUT2D eigenvalue weighted by atomic mass is 32.2. The third kappa shape index (κ3) is 4.76. The van der Waals surface area contributed by atoms with Crippen molar-refractivity contribution in [3.8, 4) is 11.5 Å². The molecule has 6 heteroatoms. The topological polar surface area (TPSA) is 64.8 Å². The van der Waals surface area contributed by atoms with Gasteiger partial charge in [-0.1, -0.05) is 30.3 Å². The first-order valence-corrected chi connectivity index (χ1v) is 10.0. The molecule has 1 fully saturated rings. The Morgan fingerprint density at radius 1 is 1.11 bits per heavy atom. The molecule has 0 unspecified atom stereocenters. The van der Waals surface area contributed by atoms with Crippen LogP contribution in [0.4, 0.5) is 0 Å². The van der Waals surface area contributed by atoms with Gasteiger partial charge in [0.15, 0.2) is 11.5 Å². The molecule has 3 rings (SSSR count). The summed E-state index contributed by atoms with van der Waals surface area (Å²) in [4.78, 5) is 15.6. The molecule has 2 aromatic rings. The minimum atomic E-state index is -0.00477. The minimum absolute atomic E-state index is 0.00477. The fourth-order valence-corrected chi connectivity index (χ4v) is 4.27. The van der Waals surface area contributed by atoms with Crippen LogP contribution in [0.25, 0.3) is 0 Å². The number of hydrogen-bond donors (Lipinski definition) is 1. The van der Waals surface area contributed by atoms with Crippen LogP contribution >= 0.6 is 11.8 Å². The number of nitrogens with two attached hydrogens (primary N) is 1. The van der Waals surface area contributed by atoms with Crippen LogP contribution in [0, 0.1) is 0 Å². The largest absolute Gasteiger partial charge is 0.493 e. The minimum Gasteiger partial charge on any atom is -0.493 e. The van der Waals surface area contributed by atoms with E-state index >= 15 is 0 Å². The summed E-state index contributed by atoms with van der Waals surface area (Å²) in [5, 5.41) is 0. The number of rotatable bonds is 7. The Bertz CT molecular complexity index is 769. The summed E-state index contributed by atoms with van der Waals surface area (Å²) >= 11 is 1.64. The van der Waals surface area contributed by atoms with E-state index in [0.29, 0.717) is 31.0 Å². The Hall–Kier alpha value is -2.18.